The second-order valence-electron chi connectivity index (χ2n) is 3.07. The lowest BCUT2D eigenvalue weighted by molar-refractivity contribution is 0.0855. The van der Waals surface area contributed by atoms with Crippen molar-refractivity contribution in [1.29, 1.82) is 0 Å². The molecular weight excluding hydrogens is 216 g/mol. The molecule has 0 saturated heterocycles. The number of ether oxygens (including phenoxy) is 1. The van der Waals surface area contributed by atoms with Gasteiger partial charge in [-0.25, -0.2) is 9.97 Å². The molecule has 5 nitrogen and oxygen atoms in total. The van der Waals surface area contributed by atoms with Gasteiger partial charge in [-0.1, -0.05) is 11.6 Å². The largest absolute Gasteiger partial charge is 0.382 e. The third-order valence-electron chi connectivity index (χ3n) is 1.82. The van der Waals surface area contributed by atoms with Crippen molar-refractivity contribution in [2.75, 3.05) is 24.2 Å². The van der Waals surface area contributed by atoms with Gasteiger partial charge in [-0.2, -0.15) is 0 Å². The number of nitrogen functional groups attached to an aromatic ring is 1. The Kier molecular flexibility index (Phi) is 4.58. The van der Waals surface area contributed by atoms with Gasteiger partial charge in [-0.05, 0) is 13.8 Å². The van der Waals surface area contributed by atoms with Crippen molar-refractivity contribution in [3.63, 3.8) is 0 Å². The van der Waals surface area contributed by atoms with E-state index in [-0.39, 0.29) is 11.9 Å². The Labute approximate surface area is 94.0 Å². The van der Waals surface area contributed by atoms with E-state index >= 15 is 0 Å². The number of halogens is 1. The van der Waals surface area contributed by atoms with Gasteiger partial charge in [0.25, 0.3) is 0 Å². The Morgan fingerprint density at radius 2 is 2.33 bits per heavy atom. The van der Waals surface area contributed by atoms with E-state index in [0.717, 1.165) is 0 Å². The molecule has 0 spiro atoms. The summed E-state index contributed by atoms with van der Waals surface area (Å²) in [6, 6.07) is 0. The predicted molar refractivity (Wildman–Crippen MR) is 61.0 cm³/mol. The standard InChI is InChI=1S/C9H15ClN4O/c1-3-15-6(2)4-12-9-7(10)8(11)13-5-14-9/h5-6H,3-4H2,1-2H3,(H3,11,12,13,14). The molecule has 0 radical (unpaired) electrons. The fraction of sp³-hybridized carbons (Fsp3) is 0.556. The van der Waals surface area contributed by atoms with E-state index < -0.39 is 0 Å². The molecule has 0 aliphatic heterocycles. The van der Waals surface area contributed by atoms with Crippen molar-refractivity contribution in [1.82, 2.24) is 9.97 Å². The summed E-state index contributed by atoms with van der Waals surface area (Å²) in [5, 5.41) is 3.40. The van der Waals surface area contributed by atoms with Gasteiger partial charge >= 0.3 is 0 Å². The molecule has 1 unspecified atom stereocenters. The Morgan fingerprint density at radius 1 is 1.60 bits per heavy atom. The SMILES string of the molecule is CCOC(C)CNc1ncnc(N)c1Cl. The average molecular weight is 231 g/mol. The zero-order chi connectivity index (χ0) is 11.3. The van der Waals surface area contributed by atoms with Gasteiger partial charge < -0.3 is 15.8 Å². The minimum Gasteiger partial charge on any atom is -0.382 e. The highest BCUT2D eigenvalue weighted by atomic mass is 35.5. The second-order valence-corrected chi connectivity index (χ2v) is 3.45. The van der Waals surface area contributed by atoms with Crippen LogP contribution in [0.25, 0.3) is 0 Å². The quantitative estimate of drug-likeness (QED) is 0.803. The highest BCUT2D eigenvalue weighted by molar-refractivity contribution is 6.35. The Balaban J connectivity index is 2.54. The van der Waals surface area contributed by atoms with Crippen LogP contribution >= 0.6 is 11.6 Å². The third kappa shape index (κ3) is 3.53. The van der Waals surface area contributed by atoms with E-state index in [1.54, 1.807) is 0 Å². The Hall–Kier alpha value is -1.07. The van der Waals surface area contributed by atoms with Gasteiger partial charge in [-0.3, -0.25) is 0 Å². The summed E-state index contributed by atoms with van der Waals surface area (Å²) in [4.78, 5) is 7.75. The Bertz CT molecular complexity index is 321. The summed E-state index contributed by atoms with van der Waals surface area (Å²) in [5.74, 6) is 0.814. The van der Waals surface area contributed by atoms with Crippen LogP contribution in [-0.4, -0.2) is 29.2 Å². The fourth-order valence-electron chi connectivity index (χ4n) is 1.09. The molecular formula is C9H15ClN4O. The molecule has 0 bridgehead atoms. The number of nitrogens with zero attached hydrogens (tertiary/aromatic N) is 2. The van der Waals surface area contributed by atoms with E-state index in [9.17, 15) is 0 Å². The smallest absolute Gasteiger partial charge is 0.150 e. The molecule has 6 heteroatoms. The molecule has 84 valence electrons. The highest BCUT2D eigenvalue weighted by Crippen LogP contribution is 2.22. The predicted octanol–water partition coefficient (Wildman–Crippen LogP) is 1.55. The molecule has 1 aromatic heterocycles. The minimum absolute atomic E-state index is 0.0993. The average Bonchev–Trinajstić information content (AvgIpc) is 2.21. The zero-order valence-electron chi connectivity index (χ0n) is 8.83. The van der Waals surface area contributed by atoms with Crippen LogP contribution in [0, 0.1) is 0 Å². The van der Waals surface area contributed by atoms with Crippen LogP contribution in [0.15, 0.2) is 6.33 Å². The van der Waals surface area contributed by atoms with Gasteiger partial charge in [0.1, 0.15) is 17.2 Å². The maximum atomic E-state index is 5.90. The number of anilines is 2. The van der Waals surface area contributed by atoms with Crippen LogP contribution in [0.1, 0.15) is 13.8 Å². The van der Waals surface area contributed by atoms with Gasteiger partial charge in [0.15, 0.2) is 5.82 Å². The number of nitrogens with one attached hydrogen (secondary N) is 1. The highest BCUT2D eigenvalue weighted by Gasteiger charge is 2.07. The van der Waals surface area contributed by atoms with Gasteiger partial charge in [-0.15, -0.1) is 0 Å². The molecule has 0 aliphatic carbocycles. The number of rotatable bonds is 5. The van der Waals surface area contributed by atoms with E-state index in [1.807, 2.05) is 13.8 Å². The summed E-state index contributed by atoms with van der Waals surface area (Å²) >= 11 is 5.90. The van der Waals surface area contributed by atoms with Gasteiger partial charge in [0, 0.05) is 13.2 Å². The van der Waals surface area contributed by atoms with Crippen molar-refractivity contribution in [3.8, 4) is 0 Å². The molecule has 0 fully saturated rings. The molecule has 0 amide bonds. The maximum Gasteiger partial charge on any atom is 0.150 e. The molecule has 15 heavy (non-hydrogen) atoms. The summed E-state index contributed by atoms with van der Waals surface area (Å²) < 4.78 is 5.35. The van der Waals surface area contributed by atoms with E-state index in [0.29, 0.717) is 24.0 Å². The number of nitrogens with two attached hydrogens (primary N) is 1. The molecule has 1 atom stereocenters. The van der Waals surface area contributed by atoms with E-state index in [1.165, 1.54) is 6.33 Å². The van der Waals surface area contributed by atoms with Crippen LogP contribution in [-0.2, 0) is 4.74 Å². The summed E-state index contributed by atoms with van der Waals surface area (Å²) in [7, 11) is 0. The molecule has 1 rings (SSSR count). The summed E-state index contributed by atoms with van der Waals surface area (Å²) in [6.07, 6.45) is 1.47. The lowest BCUT2D eigenvalue weighted by atomic mass is 10.4. The van der Waals surface area contributed by atoms with Crippen molar-refractivity contribution < 1.29 is 4.74 Å². The lowest BCUT2D eigenvalue weighted by Gasteiger charge is -2.13. The van der Waals surface area contributed by atoms with E-state index in [4.69, 9.17) is 22.1 Å². The summed E-state index contributed by atoms with van der Waals surface area (Å²) in [5.41, 5.74) is 5.53. The normalized spacial score (nSPS) is 12.5. The van der Waals surface area contributed by atoms with Crippen LogP contribution in [0.4, 0.5) is 11.6 Å². The van der Waals surface area contributed by atoms with Crippen LogP contribution in [0.2, 0.25) is 5.02 Å². The fourth-order valence-corrected chi connectivity index (χ4v) is 1.25. The second kappa shape index (κ2) is 5.72. The molecule has 0 aromatic carbocycles. The Morgan fingerprint density at radius 3 is 3.00 bits per heavy atom. The number of hydrogen-bond donors (Lipinski definition) is 2. The first-order chi connectivity index (χ1) is 7.15. The lowest BCUT2D eigenvalue weighted by Crippen LogP contribution is -2.20. The van der Waals surface area contributed by atoms with Crippen molar-refractivity contribution in [2.24, 2.45) is 0 Å². The molecule has 1 heterocycles. The van der Waals surface area contributed by atoms with Crippen LogP contribution in [0.5, 0.6) is 0 Å². The van der Waals surface area contributed by atoms with Crippen molar-refractivity contribution in [2.45, 2.75) is 20.0 Å². The van der Waals surface area contributed by atoms with Gasteiger partial charge in [0.2, 0.25) is 0 Å². The monoisotopic (exact) mass is 230 g/mol. The first-order valence-corrected chi connectivity index (χ1v) is 5.14. The molecule has 1 aromatic rings. The van der Waals surface area contributed by atoms with Crippen LogP contribution < -0.4 is 11.1 Å². The van der Waals surface area contributed by atoms with Gasteiger partial charge in [0.05, 0.1) is 6.10 Å². The first-order valence-electron chi connectivity index (χ1n) is 4.76. The molecule has 3 N–H and O–H groups in total. The van der Waals surface area contributed by atoms with E-state index in [2.05, 4.69) is 15.3 Å². The zero-order valence-corrected chi connectivity index (χ0v) is 9.58. The van der Waals surface area contributed by atoms with Crippen LogP contribution in [0.3, 0.4) is 0 Å². The minimum atomic E-state index is 0.0993. The number of aromatic nitrogens is 2. The topological polar surface area (TPSA) is 73.1 Å². The molecule has 0 aliphatic rings. The summed E-state index contributed by atoms with van der Waals surface area (Å²) in [6.45, 7) is 5.23. The first kappa shape index (κ1) is 12.0. The maximum absolute atomic E-state index is 5.90. The number of hydrogen-bond acceptors (Lipinski definition) is 5. The molecule has 0 saturated carbocycles. The van der Waals surface area contributed by atoms with Crippen molar-refractivity contribution in [3.05, 3.63) is 11.3 Å². The third-order valence-corrected chi connectivity index (χ3v) is 2.20. The van der Waals surface area contributed by atoms with Crippen molar-refractivity contribution >= 4 is 23.2 Å².